The summed E-state index contributed by atoms with van der Waals surface area (Å²) in [6.45, 7) is 0. The molecule has 5 nitrogen and oxygen atoms in total. The van der Waals surface area contributed by atoms with E-state index in [9.17, 15) is 121 Å². The monoisotopic (exact) mass is 1170 g/mol. The maximum absolute atomic E-state index is 12.8. The summed E-state index contributed by atoms with van der Waals surface area (Å²) in [6.07, 6.45) is -25.0. The minimum Gasteiger partial charge on any atom is -0.276 e. The van der Waals surface area contributed by atoms with Crippen molar-refractivity contribution >= 4 is 84.2 Å². The van der Waals surface area contributed by atoms with Gasteiger partial charge in [-0.25, -0.2) is 30.7 Å². The molecule has 5 rings (SSSR count). The van der Waals surface area contributed by atoms with Crippen LogP contribution in [0.3, 0.4) is 0 Å². The van der Waals surface area contributed by atoms with E-state index in [1.165, 1.54) is 0 Å². The summed E-state index contributed by atoms with van der Waals surface area (Å²) in [5, 5.41) is -7.25. The second kappa shape index (κ2) is 25.3. The molecule has 32 heteroatoms. The van der Waals surface area contributed by atoms with Gasteiger partial charge in [0.2, 0.25) is 0 Å². The zero-order valence-electron chi connectivity index (χ0n) is 33.3. The van der Waals surface area contributed by atoms with Gasteiger partial charge in [-0.15, -0.1) is 0 Å². The van der Waals surface area contributed by atoms with Crippen molar-refractivity contribution in [3.63, 3.8) is 0 Å². The summed E-state index contributed by atoms with van der Waals surface area (Å²) in [5.41, 5.74) is -13.4. The predicted octanol–water partition coefficient (Wildman–Crippen LogP) is 16.4. The van der Waals surface area contributed by atoms with Crippen LogP contribution in [0.2, 0.25) is 0 Å². The number of carbonyl (C=O) groups is 5. The number of carbonyl (C=O) groups excluding carboxylic acids is 5. The van der Waals surface area contributed by atoms with Gasteiger partial charge in [-0.1, -0.05) is 12.1 Å². The maximum Gasteiger partial charge on any atom is 0.417 e. The predicted molar refractivity (Wildman–Crippen MR) is 208 cm³/mol. The lowest BCUT2D eigenvalue weighted by molar-refractivity contribution is -0.145. The fourth-order valence-corrected chi connectivity index (χ4v) is 5.58. The summed E-state index contributed by atoms with van der Waals surface area (Å²) in [7, 11) is 0. The SMILES string of the molecule is O=C(Cl)c1c(C(F)(F)F)cccc1C(F)(F)F.O=C(Cl)c1c(F)ccc(F)c1F.O=C(Cl)c1c(F)cccc1C(F)(F)F.O=C(Cl)c1cc(F)c(F)cc1F.O=C(Cl)c1ccc(C(F)(F)F)cc1C(F)(F)F. The van der Waals surface area contributed by atoms with Crippen LogP contribution < -0.4 is 0 Å². The zero-order valence-corrected chi connectivity index (χ0v) is 37.0. The Morgan fingerprint density at radius 1 is 0.306 bits per heavy atom. The Morgan fingerprint density at radius 2 is 0.667 bits per heavy atom. The van der Waals surface area contributed by atoms with Crippen molar-refractivity contribution < 1.29 is 121 Å². The summed E-state index contributed by atoms with van der Waals surface area (Å²) in [6, 6.07) is 6.02. The van der Waals surface area contributed by atoms with Crippen LogP contribution in [0.15, 0.2) is 78.9 Å². The highest BCUT2D eigenvalue weighted by atomic mass is 35.5. The van der Waals surface area contributed by atoms with Crippen molar-refractivity contribution in [3.05, 3.63) is 175 Å². The first-order valence-corrected chi connectivity index (χ1v) is 19.1. The van der Waals surface area contributed by atoms with E-state index >= 15 is 0 Å². The molecule has 5 aromatic rings. The van der Waals surface area contributed by atoms with Gasteiger partial charge in [-0.2, -0.15) is 65.9 Å². The van der Waals surface area contributed by atoms with Gasteiger partial charge in [-0.05, 0) is 119 Å². The van der Waals surface area contributed by atoms with Gasteiger partial charge in [0.25, 0.3) is 26.2 Å². The Hall–Kier alpha value is -5.64. The van der Waals surface area contributed by atoms with Crippen molar-refractivity contribution in [2.45, 2.75) is 30.9 Å². The molecule has 0 saturated heterocycles. The number of hydrogen-bond donors (Lipinski definition) is 0. The van der Waals surface area contributed by atoms with Gasteiger partial charge in [0, 0.05) is 11.6 Å². The molecule has 0 radical (unpaired) electrons. The fourth-order valence-electron chi connectivity index (χ4n) is 4.70. The van der Waals surface area contributed by atoms with Crippen molar-refractivity contribution in [1.82, 2.24) is 0 Å². The van der Waals surface area contributed by atoms with Crippen LogP contribution in [-0.4, -0.2) is 26.2 Å². The molecule has 0 fully saturated rings. The summed E-state index contributed by atoms with van der Waals surface area (Å²) < 4.78 is 272. The first-order valence-electron chi connectivity index (χ1n) is 17.2. The van der Waals surface area contributed by atoms with E-state index in [1.807, 2.05) is 0 Å². The summed E-state index contributed by atoms with van der Waals surface area (Å²) in [5.74, 6) is -9.15. The van der Waals surface area contributed by atoms with Gasteiger partial charge in [0.05, 0.1) is 44.5 Å². The van der Waals surface area contributed by atoms with Crippen LogP contribution in [0, 0.1) is 40.7 Å². The van der Waals surface area contributed by atoms with E-state index in [4.69, 9.17) is 58.0 Å². The van der Waals surface area contributed by atoms with E-state index in [1.54, 1.807) is 0 Å². The third-order valence-electron chi connectivity index (χ3n) is 7.71. The van der Waals surface area contributed by atoms with Crippen LogP contribution in [0.25, 0.3) is 0 Å². The van der Waals surface area contributed by atoms with E-state index < -0.39 is 153 Å². The molecule has 0 aliphatic carbocycles. The molecule has 0 unspecified atom stereocenters. The van der Waals surface area contributed by atoms with E-state index in [2.05, 4.69) is 0 Å². The Balaban J connectivity index is 0.000000453. The van der Waals surface area contributed by atoms with Crippen LogP contribution in [0.4, 0.5) is 96.6 Å². The highest BCUT2D eigenvalue weighted by Gasteiger charge is 2.43. The highest BCUT2D eigenvalue weighted by Crippen LogP contribution is 2.41. The molecule has 0 heterocycles. The number of benzene rings is 5. The Bertz CT molecular complexity index is 2770. The van der Waals surface area contributed by atoms with Gasteiger partial charge in [-0.3, -0.25) is 24.0 Å². The molecular weight excluding hydrogens is 1160 g/mol. The lowest BCUT2D eigenvalue weighted by Gasteiger charge is -2.15. The molecule has 5 aromatic carbocycles. The van der Waals surface area contributed by atoms with Crippen LogP contribution >= 0.6 is 58.0 Å². The summed E-state index contributed by atoms with van der Waals surface area (Å²) >= 11 is 24.2. The van der Waals surface area contributed by atoms with Gasteiger partial charge in [0.15, 0.2) is 23.3 Å². The lowest BCUT2D eigenvalue weighted by atomic mass is 10.0. The smallest absolute Gasteiger partial charge is 0.276 e. The van der Waals surface area contributed by atoms with Crippen molar-refractivity contribution in [2.24, 2.45) is 0 Å². The third-order valence-corrected chi connectivity index (χ3v) is 8.69. The molecule has 72 heavy (non-hydrogen) atoms. The molecule has 0 bridgehead atoms. The van der Waals surface area contributed by atoms with Crippen LogP contribution in [0.1, 0.15) is 79.6 Å². The Labute approximate surface area is 409 Å². The second-order valence-electron chi connectivity index (χ2n) is 12.5. The molecule has 392 valence electrons. The van der Waals surface area contributed by atoms with Gasteiger partial charge in [0.1, 0.15) is 23.0 Å². The molecule has 0 saturated carbocycles. The Kier molecular flexibility index (Phi) is 22.7. The average Bonchev–Trinajstić information content (AvgIpc) is 3.22. The number of hydrogen-bond acceptors (Lipinski definition) is 5. The third kappa shape index (κ3) is 18.4. The summed E-state index contributed by atoms with van der Waals surface area (Å²) in [4.78, 5) is 52.7. The maximum atomic E-state index is 12.8. The standard InChI is InChI=1S/2C9H3ClF6O.C8H3ClF4O.2C7H2ClF3O/c10-7(17)5-2-1-4(8(11,12)13)3-6(5)9(14,15)16;10-7(17)6-4(8(11,12)13)2-1-3-5(6)9(14,15)16;9-7(14)6-4(8(11,12)13)2-1-3-5(6)10;8-7(12)3-1-5(10)6(11)2-4(3)9;8-7(12)5-3(9)1-2-4(10)6(5)11/h2*1-3H;1-3H;2*1-2H. The molecule has 0 aromatic heterocycles. The minimum absolute atomic E-state index is 0.143. The number of alkyl halides is 15. The average molecular weight is 1170 g/mol. The van der Waals surface area contributed by atoms with Crippen molar-refractivity contribution in [3.8, 4) is 0 Å². The number of halogens is 27. The normalized spacial score (nSPS) is 11.5. The molecular formula is C40H13Cl5F22O5. The number of rotatable bonds is 5. The molecule has 0 N–H and O–H groups in total. The Morgan fingerprint density at radius 3 is 1.01 bits per heavy atom. The van der Waals surface area contributed by atoms with Gasteiger partial charge >= 0.3 is 30.9 Å². The van der Waals surface area contributed by atoms with E-state index in [-0.39, 0.29) is 12.1 Å². The quantitative estimate of drug-likeness (QED) is 0.0994. The zero-order chi connectivity index (χ0) is 56.4. The van der Waals surface area contributed by atoms with Crippen molar-refractivity contribution in [1.29, 1.82) is 0 Å². The van der Waals surface area contributed by atoms with Crippen LogP contribution in [-0.2, 0) is 30.9 Å². The second-order valence-corrected chi connectivity index (χ2v) is 14.2. The molecule has 0 spiro atoms. The molecule has 0 amide bonds. The van der Waals surface area contributed by atoms with E-state index in [0.717, 1.165) is 12.1 Å². The van der Waals surface area contributed by atoms with Crippen molar-refractivity contribution in [2.75, 3.05) is 0 Å². The van der Waals surface area contributed by atoms with Gasteiger partial charge < -0.3 is 0 Å². The fraction of sp³-hybridized carbons (Fsp3) is 0.125. The lowest BCUT2D eigenvalue weighted by Crippen LogP contribution is -2.18. The highest BCUT2D eigenvalue weighted by molar-refractivity contribution is 6.69. The first kappa shape index (κ1) is 64.4. The molecule has 0 aliphatic rings. The topological polar surface area (TPSA) is 85.3 Å². The van der Waals surface area contributed by atoms with E-state index in [0.29, 0.717) is 54.6 Å². The molecule has 0 aliphatic heterocycles. The van der Waals surface area contributed by atoms with Crippen LogP contribution in [0.5, 0.6) is 0 Å². The first-order chi connectivity index (χ1) is 32.5. The molecule has 0 atom stereocenters. The minimum atomic E-state index is -5.08. The largest absolute Gasteiger partial charge is 0.417 e.